The molecule has 19 heavy (non-hydrogen) atoms. The van der Waals surface area contributed by atoms with Gasteiger partial charge in [-0.25, -0.2) is 0 Å². The van der Waals surface area contributed by atoms with Crippen molar-refractivity contribution in [1.29, 1.82) is 0 Å². The van der Waals surface area contributed by atoms with Crippen molar-refractivity contribution in [3.05, 3.63) is 34.8 Å². The van der Waals surface area contributed by atoms with Gasteiger partial charge in [0.2, 0.25) is 5.13 Å². The van der Waals surface area contributed by atoms with Gasteiger partial charge in [-0.2, -0.15) is 0 Å². The van der Waals surface area contributed by atoms with Crippen LogP contribution in [0.25, 0.3) is 0 Å². The molecule has 0 N–H and O–H groups in total. The van der Waals surface area contributed by atoms with Gasteiger partial charge in [-0.15, -0.1) is 10.2 Å². The fraction of sp³-hybridized carbons (Fsp3) is 0.429. The number of ether oxygens (including phenoxy) is 1. The van der Waals surface area contributed by atoms with Gasteiger partial charge in [-0.1, -0.05) is 43.4 Å². The van der Waals surface area contributed by atoms with Gasteiger partial charge < -0.3 is 9.64 Å². The average Bonchev–Trinajstić information content (AvgIpc) is 2.89. The summed E-state index contributed by atoms with van der Waals surface area (Å²) in [6.45, 7) is 5.02. The molecular formula is C14H19N3OS. The van der Waals surface area contributed by atoms with Gasteiger partial charge >= 0.3 is 0 Å². The van der Waals surface area contributed by atoms with E-state index in [0.717, 1.165) is 28.0 Å². The van der Waals surface area contributed by atoms with Crippen LogP contribution in [0.3, 0.4) is 0 Å². The first kappa shape index (κ1) is 13.8. The van der Waals surface area contributed by atoms with Crippen LogP contribution in [0.5, 0.6) is 5.75 Å². The number of anilines is 1. The Bertz CT molecular complexity index is 539. The van der Waals surface area contributed by atoms with E-state index in [-0.39, 0.29) is 0 Å². The molecule has 2 rings (SSSR count). The summed E-state index contributed by atoms with van der Waals surface area (Å²) in [5.41, 5.74) is 1.15. The zero-order valence-electron chi connectivity index (χ0n) is 11.8. The molecule has 0 aliphatic rings. The van der Waals surface area contributed by atoms with Gasteiger partial charge in [0.1, 0.15) is 10.8 Å². The summed E-state index contributed by atoms with van der Waals surface area (Å²) in [6.07, 6.45) is 0. The molecular weight excluding hydrogens is 258 g/mol. The third-order valence-corrected chi connectivity index (χ3v) is 4.19. The highest BCUT2D eigenvalue weighted by atomic mass is 32.1. The predicted molar refractivity (Wildman–Crippen MR) is 79.1 cm³/mol. The van der Waals surface area contributed by atoms with E-state index in [2.05, 4.69) is 35.0 Å². The molecule has 0 atom stereocenters. The Kier molecular flexibility index (Phi) is 4.37. The van der Waals surface area contributed by atoms with Crippen molar-refractivity contribution in [1.82, 2.24) is 10.2 Å². The maximum absolute atomic E-state index is 5.37. The molecule has 0 saturated heterocycles. The van der Waals surface area contributed by atoms with Gasteiger partial charge in [-0.05, 0) is 6.07 Å². The molecule has 102 valence electrons. The standard InChI is InChI=1S/C14H19N3OS/c1-10(2)13-15-16-14(19-13)17(3)9-11-7-5-6-8-12(11)18-4/h5-8,10H,9H2,1-4H3. The van der Waals surface area contributed by atoms with E-state index >= 15 is 0 Å². The lowest BCUT2D eigenvalue weighted by atomic mass is 10.2. The molecule has 0 aliphatic carbocycles. The van der Waals surface area contributed by atoms with Crippen LogP contribution in [0.1, 0.15) is 30.3 Å². The molecule has 0 aliphatic heterocycles. The maximum atomic E-state index is 5.37. The summed E-state index contributed by atoms with van der Waals surface area (Å²) in [7, 11) is 3.72. The van der Waals surface area contributed by atoms with Crippen LogP contribution in [0.2, 0.25) is 0 Å². The number of hydrogen-bond donors (Lipinski definition) is 0. The third kappa shape index (κ3) is 3.23. The third-order valence-electron chi connectivity index (χ3n) is 2.85. The van der Waals surface area contributed by atoms with E-state index in [4.69, 9.17) is 4.74 Å². The van der Waals surface area contributed by atoms with Crippen molar-refractivity contribution in [3.8, 4) is 5.75 Å². The fourth-order valence-corrected chi connectivity index (χ4v) is 2.58. The van der Waals surface area contributed by atoms with Gasteiger partial charge in [0.05, 0.1) is 7.11 Å². The Hall–Kier alpha value is -1.62. The van der Waals surface area contributed by atoms with Crippen LogP contribution in [0.15, 0.2) is 24.3 Å². The Labute approximate surface area is 118 Å². The second-order valence-electron chi connectivity index (χ2n) is 4.75. The number of rotatable bonds is 5. The van der Waals surface area contributed by atoms with Gasteiger partial charge in [-0.3, -0.25) is 0 Å². The molecule has 0 fully saturated rings. The average molecular weight is 277 g/mol. The number of para-hydroxylation sites is 1. The normalized spacial score (nSPS) is 10.8. The first-order valence-corrected chi connectivity index (χ1v) is 7.10. The maximum Gasteiger partial charge on any atom is 0.208 e. The predicted octanol–water partition coefficient (Wildman–Crippen LogP) is 3.31. The van der Waals surface area contributed by atoms with Crippen molar-refractivity contribution >= 4 is 16.5 Å². The smallest absolute Gasteiger partial charge is 0.208 e. The van der Waals surface area contributed by atoms with E-state index in [0.29, 0.717) is 5.92 Å². The van der Waals surface area contributed by atoms with Crippen LogP contribution in [-0.4, -0.2) is 24.4 Å². The Balaban J connectivity index is 2.13. The van der Waals surface area contributed by atoms with E-state index in [1.165, 1.54) is 0 Å². The minimum absolute atomic E-state index is 0.422. The minimum atomic E-state index is 0.422. The Morgan fingerprint density at radius 2 is 2.00 bits per heavy atom. The monoisotopic (exact) mass is 277 g/mol. The van der Waals surface area contributed by atoms with Crippen molar-refractivity contribution in [2.24, 2.45) is 0 Å². The highest BCUT2D eigenvalue weighted by molar-refractivity contribution is 7.15. The van der Waals surface area contributed by atoms with Gasteiger partial charge in [0.25, 0.3) is 0 Å². The van der Waals surface area contributed by atoms with E-state index < -0.39 is 0 Å². The highest BCUT2D eigenvalue weighted by Gasteiger charge is 2.13. The van der Waals surface area contributed by atoms with Crippen LogP contribution < -0.4 is 9.64 Å². The fourth-order valence-electron chi connectivity index (χ4n) is 1.77. The van der Waals surface area contributed by atoms with Crippen molar-refractivity contribution in [2.45, 2.75) is 26.3 Å². The second kappa shape index (κ2) is 6.02. The zero-order chi connectivity index (χ0) is 13.8. The Morgan fingerprint density at radius 3 is 2.63 bits per heavy atom. The number of methoxy groups -OCH3 is 1. The lowest BCUT2D eigenvalue weighted by Crippen LogP contribution is -2.16. The summed E-state index contributed by atoms with van der Waals surface area (Å²) in [4.78, 5) is 2.10. The largest absolute Gasteiger partial charge is 0.496 e. The number of benzene rings is 1. The molecule has 1 heterocycles. The first-order valence-electron chi connectivity index (χ1n) is 6.28. The van der Waals surface area contributed by atoms with Crippen molar-refractivity contribution < 1.29 is 4.74 Å². The van der Waals surface area contributed by atoms with E-state index in [1.54, 1.807) is 18.4 Å². The topological polar surface area (TPSA) is 38.2 Å². The van der Waals surface area contributed by atoms with Crippen LogP contribution in [0.4, 0.5) is 5.13 Å². The summed E-state index contributed by atoms with van der Waals surface area (Å²) < 4.78 is 5.37. The molecule has 2 aromatic rings. The Morgan fingerprint density at radius 1 is 1.26 bits per heavy atom. The number of nitrogens with zero attached hydrogens (tertiary/aromatic N) is 3. The quantitative estimate of drug-likeness (QED) is 0.840. The molecule has 0 saturated carbocycles. The molecule has 1 aromatic carbocycles. The lowest BCUT2D eigenvalue weighted by Gasteiger charge is -2.17. The summed E-state index contributed by atoms with van der Waals surface area (Å²) in [5.74, 6) is 1.33. The SMILES string of the molecule is COc1ccccc1CN(C)c1nnc(C(C)C)s1. The number of hydrogen-bond acceptors (Lipinski definition) is 5. The van der Waals surface area contributed by atoms with Gasteiger partial charge in [0, 0.05) is 25.1 Å². The molecule has 0 amide bonds. The second-order valence-corrected chi connectivity index (χ2v) is 5.73. The first-order chi connectivity index (χ1) is 9.11. The summed E-state index contributed by atoms with van der Waals surface area (Å²) in [5, 5.41) is 10.5. The highest BCUT2D eigenvalue weighted by Crippen LogP contribution is 2.27. The van der Waals surface area contributed by atoms with Crippen LogP contribution in [-0.2, 0) is 6.54 Å². The summed E-state index contributed by atoms with van der Waals surface area (Å²) >= 11 is 1.64. The minimum Gasteiger partial charge on any atom is -0.496 e. The van der Waals surface area contributed by atoms with Gasteiger partial charge in [0.15, 0.2) is 0 Å². The summed E-state index contributed by atoms with van der Waals surface area (Å²) in [6, 6.07) is 8.04. The van der Waals surface area contributed by atoms with Crippen LogP contribution in [0, 0.1) is 0 Å². The zero-order valence-corrected chi connectivity index (χ0v) is 12.6. The molecule has 4 nitrogen and oxygen atoms in total. The van der Waals surface area contributed by atoms with E-state index in [9.17, 15) is 0 Å². The van der Waals surface area contributed by atoms with Crippen molar-refractivity contribution in [2.75, 3.05) is 19.1 Å². The lowest BCUT2D eigenvalue weighted by molar-refractivity contribution is 0.409. The molecule has 0 radical (unpaired) electrons. The van der Waals surface area contributed by atoms with Crippen LogP contribution >= 0.6 is 11.3 Å². The molecule has 5 heteroatoms. The number of aromatic nitrogens is 2. The molecule has 1 aromatic heterocycles. The van der Waals surface area contributed by atoms with E-state index in [1.807, 2.05) is 25.2 Å². The molecule has 0 unspecified atom stereocenters. The van der Waals surface area contributed by atoms with Crippen molar-refractivity contribution in [3.63, 3.8) is 0 Å². The molecule has 0 spiro atoms. The molecule has 0 bridgehead atoms.